The Balaban J connectivity index is 2.07. The fraction of sp³-hybridized carbons (Fsp3) is 0.500. The minimum Gasteiger partial charge on any atom is -0.461 e. The number of furan rings is 1. The molecule has 0 aliphatic heterocycles. The molecule has 2 nitrogen and oxygen atoms in total. The van der Waals surface area contributed by atoms with E-state index in [1.165, 1.54) is 12.8 Å². The highest BCUT2D eigenvalue weighted by atomic mass is 16.3. The lowest BCUT2D eigenvalue weighted by atomic mass is 10.1. The molecule has 0 amide bonds. The van der Waals surface area contributed by atoms with Crippen LogP contribution in [0.15, 0.2) is 16.7 Å². The van der Waals surface area contributed by atoms with Crippen LogP contribution in [0.3, 0.4) is 0 Å². The molecule has 0 radical (unpaired) electrons. The predicted octanol–water partition coefficient (Wildman–Crippen LogP) is 2.57. The lowest BCUT2D eigenvalue weighted by molar-refractivity contribution is 0.0948. The fourth-order valence-corrected chi connectivity index (χ4v) is 1.34. The molecule has 1 aliphatic rings. The van der Waals surface area contributed by atoms with Gasteiger partial charge in [0.15, 0.2) is 11.5 Å². The molecule has 0 aromatic carbocycles. The Hall–Kier alpha value is -1.05. The Bertz CT molecular complexity index is 295. The van der Waals surface area contributed by atoms with Crippen molar-refractivity contribution in [2.24, 2.45) is 5.92 Å². The largest absolute Gasteiger partial charge is 0.461 e. The Labute approximate surface area is 71.6 Å². The SMILES string of the molecule is Cc1ccoc1C(=O)CC1CC1. The molecule has 2 rings (SSSR count). The van der Waals surface area contributed by atoms with Gasteiger partial charge in [-0.15, -0.1) is 0 Å². The van der Waals surface area contributed by atoms with Crippen molar-refractivity contribution in [3.05, 3.63) is 23.7 Å². The molecular weight excluding hydrogens is 152 g/mol. The molecule has 0 unspecified atom stereocenters. The van der Waals surface area contributed by atoms with Crippen molar-refractivity contribution in [3.63, 3.8) is 0 Å². The summed E-state index contributed by atoms with van der Waals surface area (Å²) in [5.74, 6) is 1.36. The molecule has 0 atom stereocenters. The topological polar surface area (TPSA) is 30.2 Å². The molecule has 12 heavy (non-hydrogen) atoms. The van der Waals surface area contributed by atoms with E-state index in [9.17, 15) is 4.79 Å². The van der Waals surface area contributed by atoms with Gasteiger partial charge in [-0.25, -0.2) is 0 Å². The van der Waals surface area contributed by atoms with E-state index in [1.54, 1.807) is 6.26 Å². The van der Waals surface area contributed by atoms with E-state index in [4.69, 9.17) is 4.42 Å². The highest BCUT2D eigenvalue weighted by Gasteiger charge is 2.26. The molecule has 64 valence electrons. The highest BCUT2D eigenvalue weighted by Crippen LogP contribution is 2.33. The van der Waals surface area contributed by atoms with Gasteiger partial charge in [0.2, 0.25) is 0 Å². The van der Waals surface area contributed by atoms with Crippen LogP contribution >= 0.6 is 0 Å². The summed E-state index contributed by atoms with van der Waals surface area (Å²) in [5.41, 5.74) is 0.959. The Kier molecular flexibility index (Phi) is 1.75. The van der Waals surface area contributed by atoms with Crippen LogP contribution in [0.4, 0.5) is 0 Å². The lowest BCUT2D eigenvalue weighted by Crippen LogP contribution is -1.99. The number of aryl methyl sites for hydroxylation is 1. The van der Waals surface area contributed by atoms with Crippen molar-refractivity contribution >= 4 is 5.78 Å². The standard InChI is InChI=1S/C10H12O2/c1-7-4-5-12-10(7)9(11)6-8-2-3-8/h4-5,8H,2-3,6H2,1H3. The van der Waals surface area contributed by atoms with Gasteiger partial charge >= 0.3 is 0 Å². The van der Waals surface area contributed by atoms with Gasteiger partial charge in [-0.2, -0.15) is 0 Å². The van der Waals surface area contributed by atoms with Crippen molar-refractivity contribution in [3.8, 4) is 0 Å². The van der Waals surface area contributed by atoms with Crippen LogP contribution in [0.1, 0.15) is 35.4 Å². The quantitative estimate of drug-likeness (QED) is 0.643. The molecular formula is C10H12O2. The summed E-state index contributed by atoms with van der Waals surface area (Å²) < 4.78 is 5.11. The van der Waals surface area contributed by atoms with Gasteiger partial charge in [-0.3, -0.25) is 4.79 Å². The number of rotatable bonds is 3. The third kappa shape index (κ3) is 1.42. The molecule has 0 bridgehead atoms. The number of hydrogen-bond acceptors (Lipinski definition) is 2. The first-order valence-electron chi connectivity index (χ1n) is 4.34. The second kappa shape index (κ2) is 2.77. The van der Waals surface area contributed by atoms with E-state index in [0.717, 1.165) is 5.56 Å². The summed E-state index contributed by atoms with van der Waals surface area (Å²) >= 11 is 0. The van der Waals surface area contributed by atoms with Gasteiger partial charge in [0.1, 0.15) is 0 Å². The number of Topliss-reactive ketones (excluding diaryl/α,β-unsaturated/α-hetero) is 1. The second-order valence-electron chi connectivity index (χ2n) is 3.50. The highest BCUT2D eigenvalue weighted by molar-refractivity contribution is 5.94. The van der Waals surface area contributed by atoms with Crippen molar-refractivity contribution in [2.45, 2.75) is 26.2 Å². The van der Waals surface area contributed by atoms with Crippen LogP contribution in [0, 0.1) is 12.8 Å². The first-order valence-corrected chi connectivity index (χ1v) is 4.34. The molecule has 1 fully saturated rings. The molecule has 2 heteroatoms. The number of ketones is 1. The van der Waals surface area contributed by atoms with Gasteiger partial charge in [-0.05, 0) is 37.3 Å². The monoisotopic (exact) mass is 164 g/mol. The van der Waals surface area contributed by atoms with Gasteiger partial charge in [0, 0.05) is 6.42 Å². The van der Waals surface area contributed by atoms with Crippen LogP contribution in [-0.4, -0.2) is 5.78 Å². The zero-order valence-corrected chi connectivity index (χ0v) is 7.17. The van der Waals surface area contributed by atoms with Crippen LogP contribution < -0.4 is 0 Å². The van der Waals surface area contributed by atoms with E-state index < -0.39 is 0 Å². The molecule has 1 aliphatic carbocycles. The second-order valence-corrected chi connectivity index (χ2v) is 3.50. The Morgan fingerprint density at radius 1 is 1.67 bits per heavy atom. The first kappa shape index (κ1) is 7.59. The summed E-state index contributed by atoms with van der Waals surface area (Å²) in [6.45, 7) is 1.91. The Morgan fingerprint density at radius 3 is 2.92 bits per heavy atom. The van der Waals surface area contributed by atoms with Gasteiger partial charge in [0.05, 0.1) is 6.26 Å². The molecule has 0 spiro atoms. The number of hydrogen-bond donors (Lipinski definition) is 0. The average molecular weight is 164 g/mol. The number of carbonyl (C=O) groups is 1. The zero-order chi connectivity index (χ0) is 8.55. The van der Waals surface area contributed by atoms with Crippen molar-refractivity contribution in [2.75, 3.05) is 0 Å². The third-order valence-corrected chi connectivity index (χ3v) is 2.29. The van der Waals surface area contributed by atoms with E-state index >= 15 is 0 Å². The third-order valence-electron chi connectivity index (χ3n) is 2.29. The summed E-state index contributed by atoms with van der Waals surface area (Å²) in [5, 5.41) is 0. The van der Waals surface area contributed by atoms with Gasteiger partial charge in [-0.1, -0.05) is 0 Å². The van der Waals surface area contributed by atoms with Crippen LogP contribution in [0.25, 0.3) is 0 Å². The van der Waals surface area contributed by atoms with Gasteiger partial charge in [0.25, 0.3) is 0 Å². The average Bonchev–Trinajstić information content (AvgIpc) is 2.72. The summed E-state index contributed by atoms with van der Waals surface area (Å²) in [6, 6.07) is 1.83. The molecule has 0 N–H and O–H groups in total. The van der Waals surface area contributed by atoms with E-state index in [1.807, 2.05) is 13.0 Å². The van der Waals surface area contributed by atoms with Crippen molar-refractivity contribution in [1.82, 2.24) is 0 Å². The van der Waals surface area contributed by atoms with E-state index in [0.29, 0.717) is 18.1 Å². The fourth-order valence-electron chi connectivity index (χ4n) is 1.34. The summed E-state index contributed by atoms with van der Waals surface area (Å²) in [7, 11) is 0. The first-order chi connectivity index (χ1) is 5.77. The maximum atomic E-state index is 11.5. The summed E-state index contributed by atoms with van der Waals surface area (Å²) in [4.78, 5) is 11.5. The maximum absolute atomic E-state index is 11.5. The summed E-state index contributed by atoms with van der Waals surface area (Å²) in [6.07, 6.45) is 4.68. The Morgan fingerprint density at radius 2 is 2.42 bits per heavy atom. The molecule has 0 saturated heterocycles. The normalized spacial score (nSPS) is 16.4. The van der Waals surface area contributed by atoms with Crippen LogP contribution in [-0.2, 0) is 0 Å². The van der Waals surface area contributed by atoms with Crippen LogP contribution in [0.5, 0.6) is 0 Å². The van der Waals surface area contributed by atoms with E-state index in [2.05, 4.69) is 0 Å². The number of carbonyl (C=O) groups excluding carboxylic acids is 1. The van der Waals surface area contributed by atoms with Gasteiger partial charge < -0.3 is 4.42 Å². The van der Waals surface area contributed by atoms with Crippen LogP contribution in [0.2, 0.25) is 0 Å². The zero-order valence-electron chi connectivity index (χ0n) is 7.17. The minimum absolute atomic E-state index is 0.167. The molecule has 1 aromatic heterocycles. The maximum Gasteiger partial charge on any atom is 0.198 e. The van der Waals surface area contributed by atoms with E-state index in [-0.39, 0.29) is 5.78 Å². The lowest BCUT2D eigenvalue weighted by Gasteiger charge is -1.95. The minimum atomic E-state index is 0.167. The predicted molar refractivity (Wildman–Crippen MR) is 45.1 cm³/mol. The van der Waals surface area contributed by atoms with Crippen molar-refractivity contribution in [1.29, 1.82) is 0 Å². The molecule has 1 aromatic rings. The molecule has 1 saturated carbocycles. The van der Waals surface area contributed by atoms with Crippen molar-refractivity contribution < 1.29 is 9.21 Å². The molecule has 1 heterocycles. The smallest absolute Gasteiger partial charge is 0.198 e.